The van der Waals surface area contributed by atoms with Crippen LogP contribution in [0.2, 0.25) is 0 Å². The van der Waals surface area contributed by atoms with Crippen molar-refractivity contribution in [3.8, 4) is 0 Å². The third kappa shape index (κ3) is 2.52. The highest BCUT2D eigenvalue weighted by molar-refractivity contribution is 6.25. The molecule has 162 valence electrons. The number of fused-ring (bicyclic) bond motifs is 5. The van der Waals surface area contributed by atoms with Gasteiger partial charge < -0.3 is 9.25 Å². The van der Waals surface area contributed by atoms with E-state index in [1.807, 2.05) is 13.8 Å². The zero-order valence-electron chi connectivity index (χ0n) is 20.1. The predicted octanol–water partition coefficient (Wildman–Crippen LogP) is 7.40. The topological polar surface area (TPSA) is 12.7 Å². The molecule has 6 rings (SSSR count). The fourth-order valence-corrected chi connectivity index (χ4v) is 5.51. The average Bonchev–Trinajstić information content (AvgIpc) is 3.13. The van der Waals surface area contributed by atoms with Gasteiger partial charge in [0.15, 0.2) is 6.20 Å². The first-order valence-electron chi connectivity index (χ1n) is 11.7. The maximum Gasteiger partial charge on any atom is 0.252 e. The molecule has 0 atom stereocenters. The molecule has 0 fully saturated rings. The number of rotatable bonds is 2. The molecule has 0 amide bonds. The van der Waals surface area contributed by atoms with E-state index in [1.165, 1.54) is 60.1 Å². The highest BCUT2D eigenvalue weighted by Gasteiger charge is 2.30. The summed E-state index contributed by atoms with van der Waals surface area (Å²) in [6, 6.07) is 18.1. The van der Waals surface area contributed by atoms with Crippen molar-refractivity contribution in [2.45, 2.75) is 46.1 Å². The van der Waals surface area contributed by atoms with Crippen molar-refractivity contribution in [2.24, 2.45) is 7.05 Å². The first-order chi connectivity index (χ1) is 15.7. The van der Waals surface area contributed by atoms with Gasteiger partial charge in [-0.2, -0.15) is 0 Å². The molecule has 0 aliphatic heterocycles. The maximum absolute atomic E-state index is 7.82. The Morgan fingerprint density at radius 2 is 1.70 bits per heavy atom. The van der Waals surface area contributed by atoms with Gasteiger partial charge in [0.25, 0.3) is 5.54 Å². The quantitative estimate of drug-likeness (QED) is 0.117. The van der Waals surface area contributed by atoms with Gasteiger partial charge in [-0.1, -0.05) is 38.1 Å². The molecule has 3 nitrogen and oxygen atoms in total. The minimum atomic E-state index is -0.582. The smallest absolute Gasteiger partial charge is 0.252 e. The van der Waals surface area contributed by atoms with E-state index in [1.54, 1.807) is 0 Å². The fraction of sp³-hybridized carbons (Fsp3) is 0.267. The van der Waals surface area contributed by atoms with Gasteiger partial charge in [0.05, 0.1) is 27.3 Å². The number of nitrogens with zero attached hydrogens (tertiary/aromatic N) is 3. The molecule has 3 aromatic heterocycles. The summed E-state index contributed by atoms with van der Waals surface area (Å²) in [5, 5.41) is 6.34. The molecule has 0 spiro atoms. The second-order valence-electron chi connectivity index (χ2n) is 10.3. The van der Waals surface area contributed by atoms with Gasteiger partial charge in [-0.3, -0.25) is 0 Å². The van der Waals surface area contributed by atoms with Gasteiger partial charge in [-0.05, 0) is 47.6 Å². The van der Waals surface area contributed by atoms with E-state index in [4.69, 9.17) is 6.57 Å². The SMILES string of the molecule is [C-]#[N+]C(C)(C)c1cc2cc[n+](C)c3c4c(C)ccc5c6ccc(C(C)C)cc6n(c(c1)c23)c54. The van der Waals surface area contributed by atoms with Gasteiger partial charge in [0.2, 0.25) is 5.52 Å². The summed E-state index contributed by atoms with van der Waals surface area (Å²) in [4.78, 5) is 3.96. The average molecular weight is 431 g/mol. The highest BCUT2D eigenvalue weighted by atomic mass is 15.0. The van der Waals surface area contributed by atoms with E-state index in [-0.39, 0.29) is 0 Å². The lowest BCUT2D eigenvalue weighted by Crippen LogP contribution is -2.29. The van der Waals surface area contributed by atoms with Crippen molar-refractivity contribution in [1.29, 1.82) is 0 Å². The van der Waals surface area contributed by atoms with Crippen LogP contribution < -0.4 is 4.57 Å². The van der Waals surface area contributed by atoms with Crippen molar-refractivity contribution < 1.29 is 4.57 Å². The van der Waals surface area contributed by atoms with Crippen molar-refractivity contribution >= 4 is 49.0 Å². The van der Waals surface area contributed by atoms with E-state index < -0.39 is 5.54 Å². The highest BCUT2D eigenvalue weighted by Crippen LogP contribution is 2.42. The van der Waals surface area contributed by atoms with Crippen molar-refractivity contribution in [2.75, 3.05) is 0 Å². The van der Waals surface area contributed by atoms with Crippen LogP contribution in [0.15, 0.2) is 54.7 Å². The fourth-order valence-electron chi connectivity index (χ4n) is 5.51. The molecule has 0 saturated heterocycles. The Labute approximate surface area is 194 Å². The van der Waals surface area contributed by atoms with E-state index in [9.17, 15) is 0 Å². The Hall–Kier alpha value is -3.64. The van der Waals surface area contributed by atoms with Gasteiger partial charge in [0, 0.05) is 36.2 Å². The first kappa shape index (κ1) is 20.0. The molecule has 0 N–H and O–H groups in total. The van der Waals surface area contributed by atoms with E-state index in [0.29, 0.717) is 5.92 Å². The standard InChI is InChI=1S/C30H28N3/c1-17(2)19-9-11-22-23-10-8-18(3)26-28(23)33(24(22)15-19)25-16-21(30(4,5)31-6)14-20-12-13-32(7)29(26)27(20)25/h8-17H,1-5,7H3/q+1. The normalized spacial score (nSPS) is 12.8. The monoisotopic (exact) mass is 430 g/mol. The Morgan fingerprint density at radius 3 is 2.42 bits per heavy atom. The zero-order valence-corrected chi connectivity index (χ0v) is 20.1. The lowest BCUT2D eigenvalue weighted by atomic mass is 9.91. The van der Waals surface area contributed by atoms with Crippen LogP contribution in [0, 0.1) is 13.5 Å². The van der Waals surface area contributed by atoms with Crippen LogP contribution in [0.4, 0.5) is 0 Å². The molecule has 0 unspecified atom stereocenters. The van der Waals surface area contributed by atoms with Gasteiger partial charge in [-0.15, -0.1) is 0 Å². The van der Waals surface area contributed by atoms with Crippen LogP contribution in [0.5, 0.6) is 0 Å². The number of benzene rings is 3. The number of aromatic nitrogens is 2. The molecule has 3 heterocycles. The Kier molecular flexibility index (Phi) is 3.91. The summed E-state index contributed by atoms with van der Waals surface area (Å²) in [5.74, 6) is 0.461. The van der Waals surface area contributed by atoms with Crippen LogP contribution in [0.25, 0.3) is 53.8 Å². The first-order valence-corrected chi connectivity index (χ1v) is 11.7. The lowest BCUT2D eigenvalue weighted by molar-refractivity contribution is -0.643. The Bertz CT molecular complexity index is 1790. The molecule has 3 aromatic carbocycles. The second-order valence-corrected chi connectivity index (χ2v) is 10.3. The number of aryl methyl sites for hydroxylation is 2. The number of pyridine rings is 2. The van der Waals surface area contributed by atoms with E-state index in [0.717, 1.165) is 5.56 Å². The molecule has 0 radical (unpaired) electrons. The molecule has 0 saturated carbocycles. The van der Waals surface area contributed by atoms with Crippen molar-refractivity contribution in [3.63, 3.8) is 0 Å². The van der Waals surface area contributed by atoms with Crippen molar-refractivity contribution in [1.82, 2.24) is 4.40 Å². The third-order valence-corrected chi connectivity index (χ3v) is 7.51. The lowest BCUT2D eigenvalue weighted by Gasteiger charge is -2.17. The Balaban J connectivity index is 2.01. The third-order valence-electron chi connectivity index (χ3n) is 7.51. The number of hydrogen-bond donors (Lipinski definition) is 0. The van der Waals surface area contributed by atoms with Crippen LogP contribution in [0.1, 0.15) is 50.3 Å². The summed E-state index contributed by atoms with van der Waals surface area (Å²) >= 11 is 0. The van der Waals surface area contributed by atoms with Gasteiger partial charge in [0.1, 0.15) is 7.05 Å². The zero-order chi connectivity index (χ0) is 23.2. The summed E-state index contributed by atoms with van der Waals surface area (Å²) < 4.78 is 4.73. The molecule has 6 aromatic rings. The van der Waals surface area contributed by atoms with Crippen LogP contribution in [-0.2, 0) is 12.6 Å². The minimum Gasteiger partial charge on any atom is -0.307 e. The summed E-state index contributed by atoms with van der Waals surface area (Å²) in [5.41, 5.74) is 8.08. The van der Waals surface area contributed by atoms with Gasteiger partial charge >= 0.3 is 0 Å². The summed E-state index contributed by atoms with van der Waals surface area (Å²) in [6.07, 6.45) is 2.16. The predicted molar refractivity (Wildman–Crippen MR) is 138 cm³/mol. The second kappa shape index (κ2) is 6.45. The van der Waals surface area contributed by atoms with Crippen molar-refractivity contribution in [3.05, 3.63) is 82.8 Å². The minimum absolute atomic E-state index is 0.461. The van der Waals surface area contributed by atoms with Crippen LogP contribution in [-0.4, -0.2) is 4.40 Å². The van der Waals surface area contributed by atoms with Crippen LogP contribution in [0.3, 0.4) is 0 Å². The van der Waals surface area contributed by atoms with Gasteiger partial charge in [-0.25, -0.2) is 11.1 Å². The largest absolute Gasteiger partial charge is 0.307 e. The Morgan fingerprint density at radius 1 is 0.939 bits per heavy atom. The molecule has 3 heteroatoms. The summed E-state index contributed by atoms with van der Waals surface area (Å²) in [6.45, 7) is 18.6. The molecular formula is C30H28N3+. The maximum atomic E-state index is 7.82. The number of hydrogen-bond acceptors (Lipinski definition) is 0. The molecule has 0 aliphatic rings. The van der Waals surface area contributed by atoms with E-state index >= 15 is 0 Å². The molecule has 0 aliphatic carbocycles. The molecule has 0 bridgehead atoms. The van der Waals surface area contributed by atoms with Crippen LogP contribution >= 0.6 is 0 Å². The molecular weight excluding hydrogens is 402 g/mol. The van der Waals surface area contributed by atoms with E-state index in [2.05, 4.69) is 96.4 Å². The summed E-state index contributed by atoms with van der Waals surface area (Å²) in [7, 11) is 2.14. The molecule has 33 heavy (non-hydrogen) atoms.